The van der Waals surface area contributed by atoms with E-state index in [-0.39, 0.29) is 5.69 Å². The van der Waals surface area contributed by atoms with Crippen LogP contribution in [0.15, 0.2) is 30.3 Å². The van der Waals surface area contributed by atoms with E-state index >= 15 is 0 Å². The second-order valence-corrected chi connectivity index (χ2v) is 4.15. The molecular formula is C14H15N3O2. The maximum atomic E-state index is 11.5. The Balaban J connectivity index is 2.33. The molecule has 5 nitrogen and oxygen atoms in total. The number of carbonyl (C=O) groups excluding carboxylic acids is 1. The van der Waals surface area contributed by atoms with Crippen LogP contribution in [-0.2, 0) is 4.74 Å². The summed E-state index contributed by atoms with van der Waals surface area (Å²) in [5.41, 5.74) is 2.92. The lowest BCUT2D eigenvalue weighted by Gasteiger charge is -2.09. The first-order valence-electron chi connectivity index (χ1n) is 5.87. The summed E-state index contributed by atoms with van der Waals surface area (Å²) in [7, 11) is 1.33. The normalized spacial score (nSPS) is 10.1. The quantitative estimate of drug-likeness (QED) is 0.856. The van der Waals surface area contributed by atoms with E-state index in [0.29, 0.717) is 11.6 Å². The van der Waals surface area contributed by atoms with E-state index in [9.17, 15) is 4.79 Å². The molecule has 2 aromatic rings. The zero-order chi connectivity index (χ0) is 13.8. The Morgan fingerprint density at radius 3 is 2.63 bits per heavy atom. The molecule has 0 aliphatic rings. The summed E-state index contributed by atoms with van der Waals surface area (Å²) in [5, 5.41) is 3.10. The molecule has 19 heavy (non-hydrogen) atoms. The Hall–Kier alpha value is -2.43. The average molecular weight is 257 g/mol. The first-order chi connectivity index (χ1) is 9.10. The number of aromatic nitrogens is 2. The third kappa shape index (κ3) is 3.07. The zero-order valence-electron chi connectivity index (χ0n) is 11.1. The molecule has 0 bridgehead atoms. The van der Waals surface area contributed by atoms with Crippen molar-refractivity contribution in [2.45, 2.75) is 13.8 Å². The fourth-order valence-electron chi connectivity index (χ4n) is 1.67. The molecule has 0 spiro atoms. The van der Waals surface area contributed by atoms with Crippen LogP contribution in [0.2, 0.25) is 0 Å². The largest absolute Gasteiger partial charge is 0.464 e. The van der Waals surface area contributed by atoms with Crippen LogP contribution in [0.25, 0.3) is 0 Å². The van der Waals surface area contributed by atoms with Crippen molar-refractivity contribution >= 4 is 17.6 Å². The highest BCUT2D eigenvalue weighted by molar-refractivity contribution is 5.87. The lowest BCUT2D eigenvalue weighted by Crippen LogP contribution is -2.08. The summed E-state index contributed by atoms with van der Waals surface area (Å²) in [6.45, 7) is 3.79. The van der Waals surface area contributed by atoms with Gasteiger partial charge in [0.25, 0.3) is 0 Å². The van der Waals surface area contributed by atoms with Crippen LogP contribution in [0.3, 0.4) is 0 Å². The van der Waals surface area contributed by atoms with Crippen LogP contribution in [-0.4, -0.2) is 23.0 Å². The highest BCUT2D eigenvalue weighted by Gasteiger charge is 2.11. The Morgan fingerprint density at radius 2 is 1.95 bits per heavy atom. The standard InChI is InChI=1S/C14H15N3O2/c1-9-6-4-5-7-11(9)16-14-15-10(2)8-12(17-14)13(18)19-3/h4-8H,1-3H3,(H,15,16,17). The number of hydrogen-bond donors (Lipinski definition) is 1. The number of aryl methyl sites for hydroxylation is 2. The van der Waals surface area contributed by atoms with E-state index < -0.39 is 5.97 Å². The summed E-state index contributed by atoms with van der Waals surface area (Å²) in [6, 6.07) is 9.39. The van der Waals surface area contributed by atoms with Crippen molar-refractivity contribution in [3.8, 4) is 0 Å². The third-order valence-electron chi connectivity index (χ3n) is 2.64. The first kappa shape index (κ1) is 13.0. The van der Waals surface area contributed by atoms with Crippen molar-refractivity contribution in [2.75, 3.05) is 12.4 Å². The van der Waals surface area contributed by atoms with Gasteiger partial charge >= 0.3 is 5.97 Å². The number of nitrogens with zero attached hydrogens (tertiary/aromatic N) is 2. The van der Waals surface area contributed by atoms with E-state index in [1.54, 1.807) is 13.0 Å². The number of ether oxygens (including phenoxy) is 1. The topological polar surface area (TPSA) is 64.1 Å². The van der Waals surface area contributed by atoms with Gasteiger partial charge in [-0.15, -0.1) is 0 Å². The van der Waals surface area contributed by atoms with E-state index in [0.717, 1.165) is 11.3 Å². The molecule has 1 N–H and O–H groups in total. The molecule has 0 fully saturated rings. The van der Waals surface area contributed by atoms with Gasteiger partial charge in [0, 0.05) is 11.4 Å². The summed E-state index contributed by atoms with van der Waals surface area (Å²) >= 11 is 0. The van der Waals surface area contributed by atoms with E-state index in [1.807, 2.05) is 31.2 Å². The molecule has 0 aliphatic carbocycles. The van der Waals surface area contributed by atoms with Crippen LogP contribution in [0.1, 0.15) is 21.7 Å². The molecular weight excluding hydrogens is 242 g/mol. The van der Waals surface area contributed by atoms with Crippen molar-refractivity contribution in [2.24, 2.45) is 0 Å². The summed E-state index contributed by atoms with van der Waals surface area (Å²) in [6.07, 6.45) is 0. The number of rotatable bonds is 3. The number of para-hydroxylation sites is 1. The number of benzene rings is 1. The SMILES string of the molecule is COC(=O)c1cc(C)nc(Nc2ccccc2C)n1. The molecule has 0 atom stereocenters. The summed E-state index contributed by atoms with van der Waals surface area (Å²) < 4.78 is 4.66. The van der Waals surface area contributed by atoms with Crippen molar-refractivity contribution < 1.29 is 9.53 Å². The van der Waals surface area contributed by atoms with Crippen LogP contribution < -0.4 is 5.32 Å². The van der Waals surface area contributed by atoms with Crippen molar-refractivity contribution in [3.63, 3.8) is 0 Å². The smallest absolute Gasteiger partial charge is 0.356 e. The maximum Gasteiger partial charge on any atom is 0.356 e. The molecule has 1 heterocycles. The molecule has 0 radical (unpaired) electrons. The van der Waals surface area contributed by atoms with Crippen LogP contribution in [0.5, 0.6) is 0 Å². The van der Waals surface area contributed by atoms with E-state index in [4.69, 9.17) is 0 Å². The maximum absolute atomic E-state index is 11.5. The van der Waals surface area contributed by atoms with Crippen LogP contribution in [0.4, 0.5) is 11.6 Å². The Labute approximate surface area is 111 Å². The predicted molar refractivity (Wildman–Crippen MR) is 72.6 cm³/mol. The lowest BCUT2D eigenvalue weighted by atomic mass is 10.2. The van der Waals surface area contributed by atoms with Gasteiger partial charge in [-0.05, 0) is 31.5 Å². The fourth-order valence-corrected chi connectivity index (χ4v) is 1.67. The zero-order valence-corrected chi connectivity index (χ0v) is 11.1. The molecule has 98 valence electrons. The highest BCUT2D eigenvalue weighted by Crippen LogP contribution is 2.18. The van der Waals surface area contributed by atoms with Gasteiger partial charge in [0.05, 0.1) is 7.11 Å². The Morgan fingerprint density at radius 1 is 1.21 bits per heavy atom. The summed E-state index contributed by atoms with van der Waals surface area (Å²) in [4.78, 5) is 19.9. The molecule has 0 saturated heterocycles. The van der Waals surface area contributed by atoms with Gasteiger partial charge in [-0.3, -0.25) is 0 Å². The minimum Gasteiger partial charge on any atom is -0.464 e. The molecule has 0 saturated carbocycles. The second kappa shape index (κ2) is 5.48. The third-order valence-corrected chi connectivity index (χ3v) is 2.64. The molecule has 0 unspecified atom stereocenters. The van der Waals surface area contributed by atoms with Gasteiger partial charge < -0.3 is 10.1 Å². The van der Waals surface area contributed by atoms with Gasteiger partial charge in [0.15, 0.2) is 5.69 Å². The van der Waals surface area contributed by atoms with E-state index in [1.165, 1.54) is 7.11 Å². The average Bonchev–Trinajstić information content (AvgIpc) is 2.40. The molecule has 5 heteroatoms. The first-order valence-corrected chi connectivity index (χ1v) is 5.87. The van der Waals surface area contributed by atoms with Crippen molar-refractivity contribution in [1.29, 1.82) is 0 Å². The van der Waals surface area contributed by atoms with Crippen LogP contribution in [0, 0.1) is 13.8 Å². The van der Waals surface area contributed by atoms with Gasteiger partial charge in [-0.2, -0.15) is 0 Å². The number of carbonyl (C=O) groups is 1. The van der Waals surface area contributed by atoms with Crippen LogP contribution >= 0.6 is 0 Å². The highest BCUT2D eigenvalue weighted by atomic mass is 16.5. The number of methoxy groups -OCH3 is 1. The van der Waals surface area contributed by atoms with E-state index in [2.05, 4.69) is 20.0 Å². The molecule has 1 aromatic carbocycles. The van der Waals surface area contributed by atoms with Gasteiger partial charge in [-0.25, -0.2) is 14.8 Å². The van der Waals surface area contributed by atoms with Gasteiger partial charge in [0.2, 0.25) is 5.95 Å². The lowest BCUT2D eigenvalue weighted by molar-refractivity contribution is 0.0594. The van der Waals surface area contributed by atoms with Crippen molar-refractivity contribution in [1.82, 2.24) is 9.97 Å². The Kier molecular flexibility index (Phi) is 3.75. The van der Waals surface area contributed by atoms with Crippen molar-refractivity contribution in [3.05, 3.63) is 47.3 Å². The number of anilines is 2. The minimum absolute atomic E-state index is 0.242. The molecule has 2 rings (SSSR count). The predicted octanol–water partition coefficient (Wildman–Crippen LogP) is 2.62. The minimum atomic E-state index is -0.474. The monoisotopic (exact) mass is 257 g/mol. The molecule has 0 amide bonds. The second-order valence-electron chi connectivity index (χ2n) is 4.15. The number of esters is 1. The fraction of sp³-hybridized carbons (Fsp3) is 0.214. The number of nitrogens with one attached hydrogen (secondary N) is 1. The van der Waals surface area contributed by atoms with Gasteiger partial charge in [0.1, 0.15) is 0 Å². The van der Waals surface area contributed by atoms with Gasteiger partial charge in [-0.1, -0.05) is 18.2 Å². The molecule has 1 aromatic heterocycles. The summed E-state index contributed by atoms with van der Waals surface area (Å²) in [5.74, 6) is -0.0898. The molecule has 0 aliphatic heterocycles. The number of hydrogen-bond acceptors (Lipinski definition) is 5. The Bertz CT molecular complexity index is 611.